The quantitative estimate of drug-likeness (QED) is 0.112. The number of para-hydroxylation sites is 6. The topological polar surface area (TPSA) is 14.8 Å². The molecule has 10 aromatic carbocycles. The van der Waals surface area contributed by atoms with E-state index in [-0.39, 0.29) is 0 Å². The van der Waals surface area contributed by atoms with Crippen LogP contribution in [0.15, 0.2) is 243 Å². The molecule has 0 saturated carbocycles. The van der Waals surface area contributed by atoms with Gasteiger partial charge in [-0.15, -0.1) is 0 Å². The van der Waals surface area contributed by atoms with E-state index in [4.69, 9.17) is 0 Å². The fourth-order valence-corrected chi connectivity index (χ4v) is 15.8. The van der Waals surface area contributed by atoms with Crippen LogP contribution in [0.5, 0.6) is 0 Å². The Hall–Kier alpha value is -8.18. The van der Waals surface area contributed by atoms with Crippen LogP contribution in [0.1, 0.15) is 5.56 Å². The van der Waals surface area contributed by atoms with E-state index in [1.54, 1.807) is 0 Å². The van der Waals surface area contributed by atoms with Gasteiger partial charge in [0.05, 0.1) is 44.5 Å². The van der Waals surface area contributed by atoms with Crippen LogP contribution in [0.2, 0.25) is 0 Å². The highest BCUT2D eigenvalue weighted by Gasteiger charge is 2.41. The molecule has 0 spiro atoms. The molecule has 3 aromatic heterocycles. The van der Waals surface area contributed by atoms with Crippen LogP contribution in [0, 0.1) is 6.92 Å². The molecule has 0 saturated heterocycles. The lowest BCUT2D eigenvalue weighted by Gasteiger charge is -2.34. The molecule has 3 heterocycles. The van der Waals surface area contributed by atoms with Crippen molar-refractivity contribution in [2.45, 2.75) is 6.92 Å². The summed E-state index contributed by atoms with van der Waals surface area (Å²) in [6.07, 6.45) is 0. The summed E-state index contributed by atoms with van der Waals surface area (Å²) < 4.78 is 7.39. The highest BCUT2D eigenvalue weighted by atomic mass is 28.3. The lowest BCUT2D eigenvalue weighted by molar-refractivity contribution is 1.09. The van der Waals surface area contributed by atoms with Crippen molar-refractivity contribution >= 4 is 94.2 Å². The highest BCUT2D eigenvalue weighted by molar-refractivity contribution is 7.20. The van der Waals surface area contributed by atoms with Gasteiger partial charge in [0.15, 0.2) is 8.07 Å². The summed E-state index contributed by atoms with van der Waals surface area (Å²) in [5, 5.41) is 13.0. The molecule has 0 aliphatic rings. The van der Waals surface area contributed by atoms with Crippen molar-refractivity contribution < 1.29 is 0 Å². The summed E-state index contributed by atoms with van der Waals surface area (Å²) in [4.78, 5) is 0. The average Bonchev–Trinajstić information content (AvgIpc) is 4.01. The van der Waals surface area contributed by atoms with Gasteiger partial charge in [-0.1, -0.05) is 188 Å². The predicted octanol–water partition coefficient (Wildman–Crippen LogP) is 12.7. The summed E-state index contributed by atoms with van der Waals surface area (Å²) in [6.45, 7) is 2.18. The van der Waals surface area contributed by atoms with Crippen LogP contribution < -0.4 is 20.7 Å². The van der Waals surface area contributed by atoms with Crippen LogP contribution in [0.25, 0.3) is 82.5 Å². The van der Waals surface area contributed by atoms with Crippen molar-refractivity contribution in [3.8, 4) is 17.1 Å². The summed E-state index contributed by atoms with van der Waals surface area (Å²) in [7, 11) is -2.78. The van der Waals surface area contributed by atoms with Crippen LogP contribution in [-0.4, -0.2) is 21.8 Å². The third kappa shape index (κ3) is 5.54. The molecule has 0 aliphatic heterocycles. The molecule has 0 radical (unpaired) electrons. The lowest BCUT2D eigenvalue weighted by Crippen LogP contribution is -2.74. The number of aromatic nitrogens is 3. The van der Waals surface area contributed by atoms with Crippen molar-refractivity contribution in [3.05, 3.63) is 248 Å². The van der Waals surface area contributed by atoms with Gasteiger partial charge in [-0.3, -0.25) is 0 Å². The van der Waals surface area contributed by atoms with Gasteiger partial charge in [0.2, 0.25) is 0 Å². The fraction of sp³-hybridized carbons (Fsp3) is 0.0164. The molecular formula is C61H43N3Si. The molecular weight excluding hydrogens is 803 g/mol. The molecule has 0 bridgehead atoms. The Kier molecular flexibility index (Phi) is 8.45. The molecule has 65 heavy (non-hydrogen) atoms. The van der Waals surface area contributed by atoms with Gasteiger partial charge in [0, 0.05) is 38.0 Å². The first-order chi connectivity index (χ1) is 32.2. The average molecular weight is 846 g/mol. The molecule has 4 heteroatoms. The molecule has 13 rings (SSSR count). The highest BCUT2D eigenvalue weighted by Crippen LogP contribution is 2.40. The Bertz CT molecular complexity index is 3860. The lowest BCUT2D eigenvalue weighted by atomic mass is 10.1. The van der Waals surface area contributed by atoms with Crippen molar-refractivity contribution in [1.29, 1.82) is 0 Å². The smallest absolute Gasteiger partial charge is 0.179 e. The van der Waals surface area contributed by atoms with Crippen LogP contribution >= 0.6 is 0 Å². The van der Waals surface area contributed by atoms with E-state index in [9.17, 15) is 0 Å². The van der Waals surface area contributed by atoms with Gasteiger partial charge in [-0.2, -0.15) is 0 Å². The second-order valence-electron chi connectivity index (χ2n) is 17.3. The number of hydrogen-bond donors (Lipinski definition) is 0. The minimum Gasteiger partial charge on any atom is -0.309 e. The van der Waals surface area contributed by atoms with E-state index in [2.05, 4.69) is 263 Å². The Morgan fingerprint density at radius 1 is 0.262 bits per heavy atom. The van der Waals surface area contributed by atoms with Crippen LogP contribution in [-0.2, 0) is 0 Å². The third-order valence-corrected chi connectivity index (χ3v) is 18.6. The van der Waals surface area contributed by atoms with Crippen LogP contribution in [0.3, 0.4) is 0 Å². The monoisotopic (exact) mass is 845 g/mol. The largest absolute Gasteiger partial charge is 0.309 e. The molecule has 0 N–H and O–H groups in total. The molecule has 306 valence electrons. The Labute approximate surface area is 378 Å². The normalized spacial score (nSPS) is 12.1. The maximum atomic E-state index is 2.53. The summed E-state index contributed by atoms with van der Waals surface area (Å²) in [5.41, 5.74) is 11.8. The number of nitrogens with zero attached hydrogens (tertiary/aromatic N) is 3. The third-order valence-electron chi connectivity index (χ3n) is 13.9. The second-order valence-corrected chi connectivity index (χ2v) is 21.2. The van der Waals surface area contributed by atoms with E-state index in [1.165, 1.54) is 91.7 Å². The maximum absolute atomic E-state index is 2.78. The Balaban J connectivity index is 1.05. The van der Waals surface area contributed by atoms with E-state index in [0.29, 0.717) is 0 Å². The Morgan fingerprint density at radius 2 is 0.615 bits per heavy atom. The maximum Gasteiger partial charge on any atom is 0.179 e. The first-order valence-corrected chi connectivity index (χ1v) is 24.5. The van der Waals surface area contributed by atoms with E-state index < -0.39 is 8.07 Å². The SMILES string of the molecule is Cc1ccc([Si](c2ccccc2)(c2ccccc2)c2ccc3c(c2)c2ccccc2n3-c2ccccc2-n2c3ccccc3c3cc(-n4c5ccccc5c5ccccc54)ccc32)cc1. The van der Waals surface area contributed by atoms with Gasteiger partial charge in [0.25, 0.3) is 0 Å². The minimum absolute atomic E-state index is 1.13. The molecule has 0 fully saturated rings. The molecule has 0 aliphatic carbocycles. The van der Waals surface area contributed by atoms with Crippen molar-refractivity contribution in [2.24, 2.45) is 0 Å². The molecule has 13 aromatic rings. The summed E-state index contributed by atoms with van der Waals surface area (Å²) in [5.74, 6) is 0. The van der Waals surface area contributed by atoms with E-state index in [1.807, 2.05) is 0 Å². The van der Waals surface area contributed by atoms with E-state index in [0.717, 1.165) is 17.1 Å². The zero-order valence-corrected chi connectivity index (χ0v) is 36.9. The predicted molar refractivity (Wildman–Crippen MR) is 278 cm³/mol. The first kappa shape index (κ1) is 37.4. The molecule has 3 nitrogen and oxygen atoms in total. The number of fused-ring (bicyclic) bond motifs is 9. The zero-order chi connectivity index (χ0) is 43.1. The van der Waals surface area contributed by atoms with Crippen LogP contribution in [0.4, 0.5) is 0 Å². The molecule has 0 unspecified atom stereocenters. The van der Waals surface area contributed by atoms with Crippen molar-refractivity contribution in [3.63, 3.8) is 0 Å². The number of hydrogen-bond acceptors (Lipinski definition) is 0. The van der Waals surface area contributed by atoms with Gasteiger partial charge in [-0.25, -0.2) is 0 Å². The zero-order valence-electron chi connectivity index (χ0n) is 35.9. The van der Waals surface area contributed by atoms with Gasteiger partial charge >= 0.3 is 0 Å². The minimum atomic E-state index is -2.78. The van der Waals surface area contributed by atoms with Gasteiger partial charge < -0.3 is 13.7 Å². The number of aryl methyl sites for hydroxylation is 1. The van der Waals surface area contributed by atoms with E-state index >= 15 is 0 Å². The van der Waals surface area contributed by atoms with Gasteiger partial charge in [-0.05, 0) is 88.3 Å². The summed E-state index contributed by atoms with van der Waals surface area (Å²) >= 11 is 0. The second kappa shape index (κ2) is 14.7. The standard InChI is InChI=1S/C61H43N3Si/c1-42-32-35-46(36-33-42)65(44-18-4-2-5-19-44,45-20-6-3-7-21-45)47-37-39-59-53(41-47)51-25-11-15-29-57(51)64(59)61-31-17-16-30-60(61)63-56-28-14-10-24-50(56)52-40-43(34-38-58(52)63)62-54-26-12-8-22-48(54)49-23-9-13-27-55(49)62/h2-41H,1H3. The summed E-state index contributed by atoms with van der Waals surface area (Å²) in [6, 6.07) is 90.5. The molecule has 0 atom stereocenters. The molecule has 0 amide bonds. The van der Waals surface area contributed by atoms with Crippen molar-refractivity contribution in [2.75, 3.05) is 0 Å². The first-order valence-electron chi connectivity index (χ1n) is 22.5. The number of benzene rings is 10. The fourth-order valence-electron chi connectivity index (χ4n) is 11.0. The van der Waals surface area contributed by atoms with Crippen molar-refractivity contribution in [1.82, 2.24) is 13.7 Å². The number of rotatable bonds is 7. The Morgan fingerprint density at radius 3 is 1.12 bits per heavy atom. The van der Waals surface area contributed by atoms with Gasteiger partial charge in [0.1, 0.15) is 0 Å².